The first-order valence-electron chi connectivity index (χ1n) is 10.7. The zero-order chi connectivity index (χ0) is 21.4. The third-order valence-electron chi connectivity index (χ3n) is 6.40. The molecule has 2 aliphatic heterocycles. The van der Waals surface area contributed by atoms with Crippen LogP contribution >= 0.6 is 0 Å². The van der Waals surface area contributed by atoms with Gasteiger partial charge < -0.3 is 10.2 Å². The molecule has 31 heavy (non-hydrogen) atoms. The Morgan fingerprint density at radius 1 is 1.06 bits per heavy atom. The molecule has 3 heterocycles. The lowest BCUT2D eigenvalue weighted by Gasteiger charge is -2.31. The number of likely N-dealkylation sites (tertiary alicyclic amines) is 1. The second-order valence-corrected chi connectivity index (χ2v) is 8.39. The molecule has 1 fully saturated rings. The van der Waals surface area contributed by atoms with Gasteiger partial charge in [0.15, 0.2) is 0 Å². The molecule has 1 unspecified atom stereocenters. The molecule has 7 nitrogen and oxygen atoms in total. The van der Waals surface area contributed by atoms with E-state index in [2.05, 4.69) is 27.8 Å². The van der Waals surface area contributed by atoms with E-state index in [0.717, 1.165) is 28.1 Å². The average molecular weight is 415 g/mol. The van der Waals surface area contributed by atoms with E-state index in [1.165, 1.54) is 0 Å². The van der Waals surface area contributed by atoms with E-state index in [1.54, 1.807) is 11.1 Å². The number of fused-ring (bicyclic) bond motifs is 3. The molecule has 0 aliphatic carbocycles. The first-order chi connectivity index (χ1) is 15.1. The van der Waals surface area contributed by atoms with Crippen LogP contribution in [0.2, 0.25) is 0 Å². The highest BCUT2D eigenvalue weighted by Crippen LogP contribution is 2.40. The van der Waals surface area contributed by atoms with Crippen molar-refractivity contribution in [1.29, 1.82) is 0 Å². The number of hydrogen-bond donors (Lipinski definition) is 1. The van der Waals surface area contributed by atoms with Gasteiger partial charge in [-0.25, -0.2) is 9.48 Å². The maximum Gasteiger partial charge on any atom is 0.321 e. The number of ketones is 1. The Morgan fingerprint density at radius 2 is 1.81 bits per heavy atom. The highest BCUT2D eigenvalue weighted by molar-refractivity contribution is 5.90. The molecule has 0 spiro atoms. The van der Waals surface area contributed by atoms with Crippen molar-refractivity contribution in [2.75, 3.05) is 18.4 Å². The van der Waals surface area contributed by atoms with Crippen molar-refractivity contribution in [3.05, 3.63) is 65.9 Å². The van der Waals surface area contributed by atoms with Crippen LogP contribution in [0.15, 0.2) is 54.7 Å². The van der Waals surface area contributed by atoms with Gasteiger partial charge in [-0.05, 0) is 37.5 Å². The summed E-state index contributed by atoms with van der Waals surface area (Å²) in [6, 6.07) is 15.7. The van der Waals surface area contributed by atoms with E-state index in [-0.39, 0.29) is 23.8 Å². The fourth-order valence-corrected chi connectivity index (χ4v) is 4.62. The Morgan fingerprint density at radius 3 is 2.58 bits per heavy atom. The summed E-state index contributed by atoms with van der Waals surface area (Å²) in [7, 11) is 0. The van der Waals surface area contributed by atoms with Gasteiger partial charge in [-0.15, -0.1) is 5.10 Å². The van der Waals surface area contributed by atoms with E-state index in [9.17, 15) is 9.59 Å². The third-order valence-corrected chi connectivity index (χ3v) is 6.40. The number of Topliss-reactive ketones (excluding diaryl/α,β-unsaturated/α-hetero) is 1. The number of piperidine rings is 1. The molecule has 1 saturated heterocycles. The molecule has 3 aromatic rings. The Kier molecular flexibility index (Phi) is 5.02. The first kappa shape index (κ1) is 19.5. The number of urea groups is 1. The Labute approximate surface area is 181 Å². The highest BCUT2D eigenvalue weighted by Gasteiger charge is 2.34. The largest absolute Gasteiger partial charge is 0.324 e. The molecule has 0 saturated carbocycles. The summed E-state index contributed by atoms with van der Waals surface area (Å²) in [5.41, 5.74) is 5.15. The summed E-state index contributed by atoms with van der Waals surface area (Å²) in [4.78, 5) is 27.5. The summed E-state index contributed by atoms with van der Waals surface area (Å²) in [5.74, 6) is 0.213. The average Bonchev–Trinajstić information content (AvgIpc) is 3.38. The Balaban J connectivity index is 1.19. The molecule has 0 bridgehead atoms. The van der Waals surface area contributed by atoms with Crippen LogP contribution in [0.1, 0.15) is 36.4 Å². The first-order valence-corrected chi connectivity index (χ1v) is 10.7. The van der Waals surface area contributed by atoms with Crippen LogP contribution in [0.5, 0.6) is 0 Å². The SMILES string of the molecule is Cc1ccc(NC(=O)N2CCC(C(=O)CC3c4ccccc4-c4cnnn43)CC2)cc1. The number of carbonyl (C=O) groups excluding carboxylic acids is 2. The number of benzene rings is 2. The van der Waals surface area contributed by atoms with Crippen molar-refractivity contribution in [3.63, 3.8) is 0 Å². The topological polar surface area (TPSA) is 80.1 Å². The molecule has 158 valence electrons. The molecular weight excluding hydrogens is 390 g/mol. The minimum atomic E-state index is -0.105. The number of hydrogen-bond acceptors (Lipinski definition) is 4. The normalized spacial score (nSPS) is 17.8. The molecule has 5 rings (SSSR count). The summed E-state index contributed by atoms with van der Waals surface area (Å²) >= 11 is 0. The van der Waals surface area contributed by atoms with Crippen LogP contribution in [-0.4, -0.2) is 44.8 Å². The molecule has 1 aromatic heterocycles. The van der Waals surface area contributed by atoms with Crippen LogP contribution in [0.4, 0.5) is 10.5 Å². The van der Waals surface area contributed by atoms with Crippen LogP contribution in [-0.2, 0) is 4.79 Å². The third kappa shape index (κ3) is 3.71. The maximum atomic E-state index is 13.1. The van der Waals surface area contributed by atoms with Gasteiger partial charge in [0.25, 0.3) is 0 Å². The number of amides is 2. The molecule has 0 radical (unpaired) electrons. The lowest BCUT2D eigenvalue weighted by Crippen LogP contribution is -2.42. The van der Waals surface area contributed by atoms with Gasteiger partial charge in [-0.2, -0.15) is 0 Å². The number of nitrogens with one attached hydrogen (secondary N) is 1. The number of nitrogens with zero attached hydrogens (tertiary/aromatic N) is 4. The maximum absolute atomic E-state index is 13.1. The monoisotopic (exact) mass is 415 g/mol. The second kappa shape index (κ2) is 7.98. The predicted molar refractivity (Wildman–Crippen MR) is 118 cm³/mol. The summed E-state index contributed by atoms with van der Waals surface area (Å²) in [6.45, 7) is 3.19. The van der Waals surface area contributed by atoms with E-state index >= 15 is 0 Å². The molecule has 7 heteroatoms. The van der Waals surface area contributed by atoms with Gasteiger partial charge in [0, 0.05) is 36.7 Å². The van der Waals surface area contributed by atoms with Crippen LogP contribution < -0.4 is 5.32 Å². The van der Waals surface area contributed by atoms with Crippen molar-refractivity contribution >= 4 is 17.5 Å². The standard InChI is InChI=1S/C24H25N5O2/c1-16-6-8-18(9-7-16)26-24(31)28-12-10-17(11-13-28)23(30)14-21-19-4-2-3-5-20(19)22-15-25-27-29(21)22/h2-9,15,17,21H,10-14H2,1H3,(H,26,31). The van der Waals surface area contributed by atoms with Crippen molar-refractivity contribution in [2.24, 2.45) is 5.92 Å². The lowest BCUT2D eigenvalue weighted by atomic mass is 9.88. The zero-order valence-corrected chi connectivity index (χ0v) is 17.5. The fraction of sp³-hybridized carbons (Fsp3) is 0.333. The van der Waals surface area contributed by atoms with Gasteiger partial charge in [0.05, 0.1) is 17.9 Å². The van der Waals surface area contributed by atoms with Crippen molar-refractivity contribution in [2.45, 2.75) is 32.2 Å². The Hall–Kier alpha value is -3.48. The highest BCUT2D eigenvalue weighted by atomic mass is 16.2. The van der Waals surface area contributed by atoms with Gasteiger partial charge >= 0.3 is 6.03 Å². The summed E-state index contributed by atoms with van der Waals surface area (Å²) < 4.78 is 1.87. The van der Waals surface area contributed by atoms with Crippen LogP contribution in [0.3, 0.4) is 0 Å². The van der Waals surface area contributed by atoms with Crippen LogP contribution in [0, 0.1) is 12.8 Å². The van der Waals surface area contributed by atoms with Gasteiger partial charge in [-0.1, -0.05) is 47.2 Å². The van der Waals surface area contributed by atoms with E-state index in [4.69, 9.17) is 0 Å². The van der Waals surface area contributed by atoms with Gasteiger partial charge in [-0.3, -0.25) is 4.79 Å². The van der Waals surface area contributed by atoms with Crippen molar-refractivity contribution < 1.29 is 9.59 Å². The quantitative estimate of drug-likeness (QED) is 0.697. The number of aryl methyl sites for hydroxylation is 1. The van der Waals surface area contributed by atoms with E-state index in [0.29, 0.717) is 32.4 Å². The molecular formula is C24H25N5O2. The number of carbonyl (C=O) groups is 2. The predicted octanol–water partition coefficient (Wildman–Crippen LogP) is 4.06. The van der Waals surface area contributed by atoms with Gasteiger partial charge in [0.2, 0.25) is 0 Å². The second-order valence-electron chi connectivity index (χ2n) is 8.39. The minimum absolute atomic E-state index is 0.0249. The zero-order valence-electron chi connectivity index (χ0n) is 17.5. The minimum Gasteiger partial charge on any atom is -0.324 e. The number of aromatic nitrogens is 3. The lowest BCUT2D eigenvalue weighted by molar-refractivity contribution is -0.124. The fourth-order valence-electron chi connectivity index (χ4n) is 4.62. The van der Waals surface area contributed by atoms with Crippen LogP contribution in [0.25, 0.3) is 11.3 Å². The number of rotatable bonds is 4. The Bertz CT molecular complexity index is 1110. The molecule has 1 N–H and O–H groups in total. The van der Waals surface area contributed by atoms with Crippen molar-refractivity contribution in [3.8, 4) is 11.3 Å². The molecule has 2 amide bonds. The van der Waals surface area contributed by atoms with Gasteiger partial charge in [0.1, 0.15) is 5.78 Å². The van der Waals surface area contributed by atoms with E-state index in [1.807, 2.05) is 48.0 Å². The molecule has 1 atom stereocenters. The number of anilines is 1. The van der Waals surface area contributed by atoms with Crippen molar-refractivity contribution in [1.82, 2.24) is 19.9 Å². The summed E-state index contributed by atoms with van der Waals surface area (Å²) in [6.07, 6.45) is 3.56. The molecule has 2 aromatic carbocycles. The molecule has 2 aliphatic rings. The summed E-state index contributed by atoms with van der Waals surface area (Å²) in [5, 5.41) is 11.2. The smallest absolute Gasteiger partial charge is 0.321 e. The van der Waals surface area contributed by atoms with E-state index < -0.39 is 0 Å².